The van der Waals surface area contributed by atoms with E-state index in [2.05, 4.69) is 0 Å². The summed E-state index contributed by atoms with van der Waals surface area (Å²) in [6.45, 7) is 1.31. The van der Waals surface area contributed by atoms with Crippen LogP contribution in [0.25, 0.3) is 0 Å². The minimum absolute atomic E-state index is 0. The molecule has 0 spiro atoms. The average molecular weight is 173 g/mol. The molecule has 48 valence electrons. The van der Waals surface area contributed by atoms with E-state index in [0.717, 1.165) is 0 Å². The standard InChI is InChI=1S/C2H6O3S.Cu/c1-2-6(3,4)5;/h2H2,1H3,(H,3,4,5);/q;+1/p-1. The van der Waals surface area contributed by atoms with Crippen LogP contribution in [0.2, 0.25) is 0 Å². The van der Waals surface area contributed by atoms with E-state index in [4.69, 9.17) is 0 Å². The van der Waals surface area contributed by atoms with E-state index in [-0.39, 0.29) is 22.8 Å². The van der Waals surface area contributed by atoms with Crippen LogP contribution in [0.3, 0.4) is 0 Å². The van der Waals surface area contributed by atoms with E-state index >= 15 is 0 Å². The number of rotatable bonds is 1. The van der Waals surface area contributed by atoms with Gasteiger partial charge in [-0.25, -0.2) is 8.42 Å². The summed E-state index contributed by atoms with van der Waals surface area (Å²) < 4.78 is 28.3. The third-order valence-corrected chi connectivity index (χ3v) is 1.06. The van der Waals surface area contributed by atoms with Crippen molar-refractivity contribution in [3.05, 3.63) is 0 Å². The monoisotopic (exact) mass is 172 g/mol. The molecule has 0 bridgehead atoms. The Labute approximate surface area is 53.3 Å². The molecule has 3 nitrogen and oxygen atoms in total. The molecule has 0 N–H and O–H groups in total. The normalized spacial score (nSPS) is 10.0. The van der Waals surface area contributed by atoms with Crippen molar-refractivity contribution in [3.63, 3.8) is 0 Å². The summed E-state index contributed by atoms with van der Waals surface area (Å²) in [5.74, 6) is -0.312. The van der Waals surface area contributed by atoms with E-state index in [1.54, 1.807) is 0 Å². The second kappa shape index (κ2) is 3.43. The first-order valence-electron chi connectivity index (χ1n) is 1.50. The molecule has 0 atom stereocenters. The van der Waals surface area contributed by atoms with Gasteiger partial charge < -0.3 is 4.55 Å². The Hall–Kier alpha value is 0.429. The summed E-state index contributed by atoms with van der Waals surface area (Å²) >= 11 is 0. The summed E-state index contributed by atoms with van der Waals surface area (Å²) in [5, 5.41) is 0. The van der Waals surface area contributed by atoms with Crippen molar-refractivity contribution in [3.8, 4) is 0 Å². The molecule has 0 aliphatic heterocycles. The molecular formula is C2H5CuO3S. The quantitative estimate of drug-likeness (QED) is 0.398. The molecule has 0 heterocycles. The van der Waals surface area contributed by atoms with E-state index in [9.17, 15) is 13.0 Å². The van der Waals surface area contributed by atoms with Gasteiger partial charge in [0, 0.05) is 5.75 Å². The first-order valence-corrected chi connectivity index (χ1v) is 3.07. The van der Waals surface area contributed by atoms with Gasteiger partial charge in [0.15, 0.2) is 0 Å². The second-order valence-corrected chi connectivity index (χ2v) is 2.54. The van der Waals surface area contributed by atoms with Crippen LogP contribution >= 0.6 is 0 Å². The maximum atomic E-state index is 9.44. The summed E-state index contributed by atoms with van der Waals surface area (Å²) in [5.41, 5.74) is 0. The van der Waals surface area contributed by atoms with Crippen molar-refractivity contribution >= 4 is 10.1 Å². The Kier molecular flexibility index (Phi) is 5.11. The van der Waals surface area contributed by atoms with Crippen LogP contribution < -0.4 is 0 Å². The molecule has 0 unspecified atom stereocenters. The topological polar surface area (TPSA) is 57.2 Å². The fourth-order valence-corrected chi connectivity index (χ4v) is 0. The van der Waals surface area contributed by atoms with Gasteiger partial charge >= 0.3 is 17.1 Å². The van der Waals surface area contributed by atoms with Crippen molar-refractivity contribution < 1.29 is 30.0 Å². The Balaban J connectivity index is 0. The van der Waals surface area contributed by atoms with Crippen molar-refractivity contribution in [2.24, 2.45) is 0 Å². The van der Waals surface area contributed by atoms with Crippen molar-refractivity contribution in [1.82, 2.24) is 0 Å². The third-order valence-electron chi connectivity index (χ3n) is 0.354. The van der Waals surface area contributed by atoms with Crippen molar-refractivity contribution in [1.29, 1.82) is 0 Å². The predicted molar refractivity (Wildman–Crippen MR) is 20.2 cm³/mol. The molecule has 0 aliphatic rings. The SMILES string of the molecule is CCS(=O)(=O)[O-].[Cu+]. The zero-order valence-electron chi connectivity index (χ0n) is 3.64. The summed E-state index contributed by atoms with van der Waals surface area (Å²) in [7, 11) is -3.91. The number of hydrogen-bond donors (Lipinski definition) is 0. The van der Waals surface area contributed by atoms with E-state index in [1.807, 2.05) is 0 Å². The van der Waals surface area contributed by atoms with Crippen LogP contribution in [0, 0.1) is 0 Å². The Morgan fingerprint density at radius 1 is 1.57 bits per heavy atom. The summed E-state index contributed by atoms with van der Waals surface area (Å²) in [4.78, 5) is 0. The van der Waals surface area contributed by atoms with Gasteiger partial charge in [-0.05, 0) is 0 Å². The van der Waals surface area contributed by atoms with Crippen LogP contribution in [-0.4, -0.2) is 18.7 Å². The zero-order valence-corrected chi connectivity index (χ0v) is 5.40. The maximum Gasteiger partial charge on any atom is 1.00 e. The van der Waals surface area contributed by atoms with Gasteiger partial charge in [0.05, 0.1) is 10.1 Å². The Bertz CT molecular complexity index is 115. The fraction of sp³-hybridized carbons (Fsp3) is 1.00. The maximum absolute atomic E-state index is 9.44. The molecule has 0 radical (unpaired) electrons. The molecule has 0 aromatic heterocycles. The minimum atomic E-state index is -3.91. The molecule has 0 aromatic rings. The van der Waals surface area contributed by atoms with Gasteiger partial charge in [-0.3, -0.25) is 0 Å². The molecule has 0 aromatic carbocycles. The summed E-state index contributed by atoms with van der Waals surface area (Å²) in [6, 6.07) is 0. The molecule has 0 rings (SSSR count). The van der Waals surface area contributed by atoms with Gasteiger partial charge in [-0.1, -0.05) is 6.92 Å². The Morgan fingerprint density at radius 3 is 1.71 bits per heavy atom. The predicted octanol–water partition coefficient (Wildman–Crippen LogP) is -0.451. The molecule has 0 saturated heterocycles. The molecule has 7 heavy (non-hydrogen) atoms. The van der Waals surface area contributed by atoms with Crippen LogP contribution in [0.1, 0.15) is 6.92 Å². The zero-order chi connectivity index (χ0) is 5.21. The molecule has 0 amide bonds. The van der Waals surface area contributed by atoms with Crippen molar-refractivity contribution in [2.75, 3.05) is 5.75 Å². The van der Waals surface area contributed by atoms with Crippen LogP contribution in [0.4, 0.5) is 0 Å². The van der Waals surface area contributed by atoms with E-state index < -0.39 is 10.1 Å². The molecule has 0 saturated carbocycles. The first kappa shape index (κ1) is 10.4. The van der Waals surface area contributed by atoms with E-state index in [1.165, 1.54) is 6.92 Å². The second-order valence-electron chi connectivity index (χ2n) is 0.846. The molecule has 0 fully saturated rings. The van der Waals surface area contributed by atoms with Gasteiger partial charge in [0.25, 0.3) is 0 Å². The molecule has 5 heteroatoms. The van der Waals surface area contributed by atoms with Crippen molar-refractivity contribution in [2.45, 2.75) is 6.92 Å². The Morgan fingerprint density at radius 2 is 1.71 bits per heavy atom. The van der Waals surface area contributed by atoms with Gasteiger partial charge in [0.1, 0.15) is 0 Å². The van der Waals surface area contributed by atoms with Gasteiger partial charge in [-0.15, -0.1) is 0 Å². The van der Waals surface area contributed by atoms with Gasteiger partial charge in [0.2, 0.25) is 0 Å². The third kappa shape index (κ3) is 10.7. The van der Waals surface area contributed by atoms with Crippen LogP contribution in [0.15, 0.2) is 0 Å². The first-order chi connectivity index (χ1) is 2.56. The minimum Gasteiger partial charge on any atom is -0.748 e. The average Bonchev–Trinajstić information content (AvgIpc) is 1.35. The molecular weight excluding hydrogens is 168 g/mol. The fourth-order valence-electron chi connectivity index (χ4n) is 0. The largest absolute Gasteiger partial charge is 1.00 e. The smallest absolute Gasteiger partial charge is 0.748 e. The van der Waals surface area contributed by atoms with Crippen LogP contribution in [-0.2, 0) is 27.2 Å². The van der Waals surface area contributed by atoms with Crippen LogP contribution in [0.5, 0.6) is 0 Å². The number of hydrogen-bond acceptors (Lipinski definition) is 3. The van der Waals surface area contributed by atoms with E-state index in [0.29, 0.717) is 0 Å². The molecule has 0 aliphatic carbocycles. The van der Waals surface area contributed by atoms with Gasteiger partial charge in [-0.2, -0.15) is 0 Å². The summed E-state index contributed by atoms with van der Waals surface area (Å²) in [6.07, 6.45) is 0.